The number of hydrogen-bond acceptors (Lipinski definition) is 5. The van der Waals surface area contributed by atoms with Gasteiger partial charge >= 0.3 is 5.69 Å². The minimum atomic E-state index is -3.42. The van der Waals surface area contributed by atoms with Crippen LogP contribution in [0, 0.1) is 11.3 Å². The third kappa shape index (κ3) is 7.38. The number of rotatable bonds is 12. The van der Waals surface area contributed by atoms with Crippen molar-refractivity contribution in [2.75, 3.05) is 12.4 Å². The normalized spacial score (nSPS) is 14.5. The number of unbranched alkanes of at least 4 members (excludes halogenated alkanes) is 2. The first-order chi connectivity index (χ1) is 14.6. The predicted molar refractivity (Wildman–Crippen MR) is 120 cm³/mol. The van der Waals surface area contributed by atoms with Gasteiger partial charge in [-0.1, -0.05) is 32.8 Å². The van der Waals surface area contributed by atoms with Gasteiger partial charge < -0.3 is 9.30 Å². The highest BCUT2D eigenvalue weighted by atomic mass is 32.2. The Labute approximate surface area is 183 Å². The topological polar surface area (TPSA) is 98.2 Å². The molecule has 1 aliphatic carbocycles. The van der Waals surface area contributed by atoms with Crippen LogP contribution in [0.5, 0.6) is 5.75 Å². The number of hydrogen-bond donors (Lipinski definition) is 1. The molecule has 2 aromatic rings. The van der Waals surface area contributed by atoms with Crippen LogP contribution in [0.4, 0.5) is 0 Å². The van der Waals surface area contributed by atoms with E-state index in [2.05, 4.69) is 4.98 Å². The van der Waals surface area contributed by atoms with Gasteiger partial charge in [0.2, 0.25) is 0 Å². The number of ether oxygens (including phenoxy) is 1. The fraction of sp³-hybridized carbons (Fsp3) is 0.565. The van der Waals surface area contributed by atoms with Crippen LogP contribution in [0.1, 0.15) is 52.4 Å². The highest BCUT2D eigenvalue weighted by Gasteiger charge is 2.28. The van der Waals surface area contributed by atoms with E-state index in [9.17, 15) is 18.0 Å². The summed E-state index contributed by atoms with van der Waals surface area (Å²) in [5.41, 5.74) is -1.16. The number of nitrogens with one attached hydrogen (secondary N) is 1. The summed E-state index contributed by atoms with van der Waals surface area (Å²) in [5, 5.41) is 0. The number of nitrogens with zero attached hydrogens (tertiary/aromatic N) is 1. The van der Waals surface area contributed by atoms with Crippen molar-refractivity contribution in [3.05, 3.63) is 57.4 Å². The van der Waals surface area contributed by atoms with Crippen LogP contribution in [-0.2, 0) is 16.4 Å². The SMILES string of the molecule is CC(C)(CCCCCn1ccc(=O)[nH]c1=O)CS(=O)(=O)c1cccc(OCC2CC2)c1. The minimum absolute atomic E-state index is 0.0749. The summed E-state index contributed by atoms with van der Waals surface area (Å²) in [6.07, 6.45) is 7.17. The number of sulfone groups is 1. The first-order valence-electron chi connectivity index (χ1n) is 10.9. The van der Waals surface area contributed by atoms with Crippen molar-refractivity contribution >= 4 is 9.84 Å². The smallest absolute Gasteiger partial charge is 0.328 e. The summed E-state index contributed by atoms with van der Waals surface area (Å²) in [6, 6.07) is 8.15. The van der Waals surface area contributed by atoms with Gasteiger partial charge in [-0.2, -0.15) is 0 Å². The van der Waals surface area contributed by atoms with E-state index >= 15 is 0 Å². The number of benzene rings is 1. The maximum absolute atomic E-state index is 13.0. The lowest BCUT2D eigenvalue weighted by Crippen LogP contribution is -2.28. The Bertz CT molecular complexity index is 1100. The molecule has 0 amide bonds. The fourth-order valence-corrected chi connectivity index (χ4v) is 5.53. The van der Waals surface area contributed by atoms with Crippen LogP contribution >= 0.6 is 0 Å². The highest BCUT2D eigenvalue weighted by Crippen LogP contribution is 2.31. The molecule has 7 nitrogen and oxygen atoms in total. The van der Waals surface area contributed by atoms with Gasteiger partial charge in [0.1, 0.15) is 5.75 Å². The Kier molecular flexibility index (Phi) is 7.41. The molecule has 3 rings (SSSR count). The standard InChI is InChI=1S/C23H32N2O5S/c1-23(2,12-4-3-5-13-25-14-11-21(26)24-22(25)27)17-31(28,29)20-8-6-7-19(15-20)30-16-18-9-10-18/h6-8,11,14-15,18H,3-5,9-10,12-13,16-17H2,1-2H3,(H,24,26,27). The summed E-state index contributed by atoms with van der Waals surface area (Å²) in [4.78, 5) is 25.3. The maximum atomic E-state index is 13.0. The van der Waals surface area contributed by atoms with Gasteiger partial charge in [-0.15, -0.1) is 0 Å². The summed E-state index contributed by atoms with van der Waals surface area (Å²) >= 11 is 0. The molecule has 1 aliphatic rings. The lowest BCUT2D eigenvalue weighted by molar-refractivity contribution is 0.299. The van der Waals surface area contributed by atoms with E-state index in [1.165, 1.54) is 29.7 Å². The molecule has 1 heterocycles. The number of aromatic nitrogens is 2. The van der Waals surface area contributed by atoms with Crippen LogP contribution < -0.4 is 16.0 Å². The molecular weight excluding hydrogens is 416 g/mol. The second kappa shape index (κ2) is 9.85. The zero-order valence-corrected chi connectivity index (χ0v) is 19.1. The zero-order chi connectivity index (χ0) is 22.5. The van der Waals surface area contributed by atoms with Crippen molar-refractivity contribution < 1.29 is 13.2 Å². The van der Waals surface area contributed by atoms with Crippen molar-refractivity contribution in [1.82, 2.24) is 9.55 Å². The Morgan fingerprint density at radius 1 is 1.13 bits per heavy atom. The Hall–Kier alpha value is -2.35. The van der Waals surface area contributed by atoms with Gasteiger partial charge in [-0.3, -0.25) is 9.78 Å². The monoisotopic (exact) mass is 448 g/mol. The molecule has 1 aromatic heterocycles. The fourth-order valence-electron chi connectivity index (χ4n) is 3.61. The highest BCUT2D eigenvalue weighted by molar-refractivity contribution is 7.91. The molecular formula is C23H32N2O5S. The molecule has 0 saturated heterocycles. The zero-order valence-electron chi connectivity index (χ0n) is 18.3. The summed E-state index contributed by atoms with van der Waals surface area (Å²) in [5.74, 6) is 1.30. The van der Waals surface area contributed by atoms with E-state index in [1.54, 1.807) is 24.3 Å². The van der Waals surface area contributed by atoms with Crippen LogP contribution in [0.2, 0.25) is 0 Å². The van der Waals surface area contributed by atoms with E-state index in [1.807, 2.05) is 13.8 Å². The van der Waals surface area contributed by atoms with Gasteiger partial charge in [0.25, 0.3) is 5.56 Å². The molecule has 1 saturated carbocycles. The second-order valence-corrected chi connectivity index (χ2v) is 11.3. The number of H-pyrrole nitrogens is 1. The van der Waals surface area contributed by atoms with Gasteiger partial charge in [-0.05, 0) is 55.2 Å². The Morgan fingerprint density at radius 3 is 2.61 bits per heavy atom. The third-order valence-electron chi connectivity index (χ3n) is 5.58. The number of aromatic amines is 1. The van der Waals surface area contributed by atoms with Crippen molar-refractivity contribution in [3.8, 4) is 5.75 Å². The van der Waals surface area contributed by atoms with Crippen LogP contribution in [0.15, 0.2) is 51.0 Å². The molecule has 170 valence electrons. The molecule has 1 N–H and O–H groups in total. The number of aryl methyl sites for hydroxylation is 1. The molecule has 8 heteroatoms. The molecule has 0 aliphatic heterocycles. The van der Waals surface area contributed by atoms with Crippen molar-refractivity contribution in [3.63, 3.8) is 0 Å². The molecule has 1 fully saturated rings. The van der Waals surface area contributed by atoms with Crippen LogP contribution in [0.3, 0.4) is 0 Å². The van der Waals surface area contributed by atoms with Gasteiger partial charge in [0.05, 0.1) is 17.3 Å². The predicted octanol–water partition coefficient (Wildman–Crippen LogP) is 3.39. The van der Waals surface area contributed by atoms with Crippen LogP contribution in [0.25, 0.3) is 0 Å². The van der Waals surface area contributed by atoms with Gasteiger partial charge in [0, 0.05) is 18.8 Å². The lowest BCUT2D eigenvalue weighted by Gasteiger charge is -2.24. The van der Waals surface area contributed by atoms with Crippen molar-refractivity contribution in [2.24, 2.45) is 11.3 Å². The lowest BCUT2D eigenvalue weighted by atomic mass is 9.89. The average molecular weight is 449 g/mol. The molecule has 0 bridgehead atoms. The summed E-state index contributed by atoms with van der Waals surface area (Å²) < 4.78 is 33.1. The summed E-state index contributed by atoms with van der Waals surface area (Å²) in [7, 11) is -3.42. The van der Waals surface area contributed by atoms with E-state index in [-0.39, 0.29) is 11.2 Å². The van der Waals surface area contributed by atoms with E-state index in [4.69, 9.17) is 4.74 Å². The maximum Gasteiger partial charge on any atom is 0.328 e. The van der Waals surface area contributed by atoms with E-state index in [0.29, 0.717) is 29.7 Å². The van der Waals surface area contributed by atoms with Gasteiger partial charge in [-0.25, -0.2) is 13.2 Å². The van der Waals surface area contributed by atoms with Crippen LogP contribution in [-0.4, -0.2) is 30.3 Å². The minimum Gasteiger partial charge on any atom is -0.493 e. The van der Waals surface area contributed by atoms with Crippen molar-refractivity contribution in [2.45, 2.75) is 63.8 Å². The Morgan fingerprint density at radius 2 is 1.90 bits per heavy atom. The third-order valence-corrected chi connectivity index (χ3v) is 7.71. The molecule has 0 unspecified atom stereocenters. The first kappa shape index (κ1) is 23.3. The largest absolute Gasteiger partial charge is 0.493 e. The molecule has 31 heavy (non-hydrogen) atoms. The molecule has 0 spiro atoms. The molecule has 0 atom stereocenters. The second-order valence-electron chi connectivity index (χ2n) is 9.27. The van der Waals surface area contributed by atoms with Gasteiger partial charge in [0.15, 0.2) is 9.84 Å². The first-order valence-corrected chi connectivity index (χ1v) is 12.6. The van der Waals surface area contributed by atoms with E-state index < -0.39 is 21.1 Å². The van der Waals surface area contributed by atoms with E-state index in [0.717, 1.165) is 25.7 Å². The Balaban J connectivity index is 1.47. The molecule has 1 aromatic carbocycles. The summed E-state index contributed by atoms with van der Waals surface area (Å²) in [6.45, 7) is 5.14. The quantitative estimate of drug-likeness (QED) is 0.502. The molecule has 0 radical (unpaired) electrons. The average Bonchev–Trinajstić information content (AvgIpc) is 3.51. The van der Waals surface area contributed by atoms with Crippen molar-refractivity contribution in [1.29, 1.82) is 0 Å².